The molecule has 5 N–H and O–H groups in total. The number of nitrogens with one attached hydrogen (secondary N) is 1. The van der Waals surface area contributed by atoms with Crippen LogP contribution in [-0.4, -0.2) is 107 Å². The fraction of sp³-hybridized carbons (Fsp3) is 0.419. The summed E-state index contributed by atoms with van der Waals surface area (Å²) in [5, 5.41) is 41.5. The zero-order chi connectivity index (χ0) is 42.1. The number of nitrogens with two attached hydrogens (primary N) is 1. The smallest absolute Gasteiger partial charge is 0.254 e. The van der Waals surface area contributed by atoms with Crippen LogP contribution in [0.15, 0.2) is 70.7 Å². The van der Waals surface area contributed by atoms with Crippen LogP contribution >= 0.6 is 11.3 Å². The average molecular weight is 835 g/mol. The van der Waals surface area contributed by atoms with Crippen molar-refractivity contribution in [1.82, 2.24) is 45.2 Å². The molecule has 0 spiro atoms. The predicted octanol–water partition coefficient (Wildman–Crippen LogP) is 5.50. The summed E-state index contributed by atoms with van der Waals surface area (Å²) in [5.74, 6) is -0.485. The molecule has 0 radical (unpaired) electrons. The van der Waals surface area contributed by atoms with Crippen molar-refractivity contribution in [1.29, 1.82) is 0 Å². The molecule has 0 aliphatic carbocycles. The topological polar surface area (TPSA) is 211 Å². The Morgan fingerprint density at radius 1 is 1.07 bits per heavy atom. The molecule has 0 saturated carbocycles. The Kier molecular flexibility index (Phi) is 11.8. The third-order valence-electron chi connectivity index (χ3n) is 11.6. The normalized spacial score (nSPS) is 18.6. The van der Waals surface area contributed by atoms with E-state index in [0.717, 1.165) is 53.1 Å². The maximum Gasteiger partial charge on any atom is 0.254 e. The van der Waals surface area contributed by atoms with Crippen molar-refractivity contribution in [3.05, 3.63) is 83.2 Å². The van der Waals surface area contributed by atoms with Crippen LogP contribution in [0.3, 0.4) is 0 Å². The van der Waals surface area contributed by atoms with Crippen LogP contribution in [0.25, 0.3) is 32.7 Å². The van der Waals surface area contributed by atoms with Gasteiger partial charge >= 0.3 is 0 Å². The lowest BCUT2D eigenvalue weighted by Gasteiger charge is -2.32. The second-order valence-electron chi connectivity index (χ2n) is 16.0. The van der Waals surface area contributed by atoms with Crippen molar-refractivity contribution in [2.75, 3.05) is 38.5 Å². The number of thiazole rings is 1. The molecular formula is C43H50N10O6S. The highest BCUT2D eigenvalue weighted by atomic mass is 32.1. The first kappa shape index (κ1) is 40.9. The molecular weight excluding hydrogens is 785 g/mol. The predicted molar refractivity (Wildman–Crippen MR) is 226 cm³/mol. The van der Waals surface area contributed by atoms with Gasteiger partial charge in [-0.3, -0.25) is 19.2 Å². The summed E-state index contributed by atoms with van der Waals surface area (Å²) in [5.41, 5.74) is 13.5. The second kappa shape index (κ2) is 17.4. The van der Waals surface area contributed by atoms with Crippen LogP contribution in [-0.2, 0) is 9.59 Å². The number of anilines is 1. The highest BCUT2D eigenvalue weighted by molar-refractivity contribution is 7.13. The number of benzene rings is 2. The van der Waals surface area contributed by atoms with E-state index >= 15 is 0 Å². The lowest BCUT2D eigenvalue weighted by atomic mass is 9.91. The average Bonchev–Trinajstić information content (AvgIpc) is 4.05. The van der Waals surface area contributed by atoms with Gasteiger partial charge in [0.25, 0.3) is 5.88 Å². The van der Waals surface area contributed by atoms with E-state index in [1.807, 2.05) is 74.3 Å². The first-order valence-corrected chi connectivity index (χ1v) is 21.2. The number of aliphatic hydroxyl groups is 1. The number of aromatic hydroxyl groups is 1. The van der Waals surface area contributed by atoms with Gasteiger partial charge in [-0.25, -0.2) is 4.98 Å². The van der Waals surface area contributed by atoms with Gasteiger partial charge in [-0.05, 0) is 67.1 Å². The first-order chi connectivity index (χ1) is 28.9. The summed E-state index contributed by atoms with van der Waals surface area (Å²) in [6.45, 7) is 10.4. The largest absolute Gasteiger partial charge is 0.507 e. The number of ether oxygens (including phenoxy) is 1. The number of nitrogen functional groups attached to an aromatic ring is 1. The standard InChI is InChI=1S/C43H50N10O6S/c1-24(2)38(43(57)52-22-30(54)19-34(52)42(56)46-25(3)27-9-11-28(12-10-27)40-26(4)45-23-60-40)36-21-37(50-59-36)58-18-17-51-15-13-29(14-16-51)53-33-20-32(31-7-5-6-8-35(31)55)47-48-39(33)41(44)49-53/h5-12,20-21,23-25,29-30,34,38,54-55H,13-19,22H2,1-4H3,(H2,44,49)(H,46,56)/t25-,30+,34-,38?/m0/s1. The third kappa shape index (κ3) is 8.42. The molecule has 17 heteroatoms. The number of carbonyl (C=O) groups is 2. The maximum atomic E-state index is 14.2. The zero-order valence-corrected chi connectivity index (χ0v) is 34.9. The van der Waals surface area contributed by atoms with Crippen molar-refractivity contribution < 1.29 is 29.1 Å². The van der Waals surface area contributed by atoms with Gasteiger partial charge in [-0.15, -0.1) is 21.5 Å². The molecule has 2 aromatic carbocycles. The number of hydrogen-bond acceptors (Lipinski definition) is 14. The highest BCUT2D eigenvalue weighted by Gasteiger charge is 2.43. The van der Waals surface area contributed by atoms with Crippen LogP contribution in [0.2, 0.25) is 0 Å². The van der Waals surface area contributed by atoms with E-state index in [2.05, 4.69) is 35.7 Å². The fourth-order valence-electron chi connectivity index (χ4n) is 8.32. The molecule has 2 amide bonds. The summed E-state index contributed by atoms with van der Waals surface area (Å²) in [6, 6.07) is 17.5. The molecule has 314 valence electrons. The van der Waals surface area contributed by atoms with Crippen LogP contribution in [0.1, 0.15) is 75.1 Å². The molecule has 4 aromatic heterocycles. The van der Waals surface area contributed by atoms with Gasteiger partial charge < -0.3 is 35.4 Å². The number of amides is 2. The van der Waals surface area contributed by atoms with Gasteiger partial charge in [-0.1, -0.05) is 50.2 Å². The fourth-order valence-corrected chi connectivity index (χ4v) is 9.14. The third-order valence-corrected chi connectivity index (χ3v) is 12.6. The molecule has 6 aromatic rings. The Morgan fingerprint density at radius 2 is 1.83 bits per heavy atom. The quantitative estimate of drug-likeness (QED) is 0.114. The van der Waals surface area contributed by atoms with E-state index in [4.69, 9.17) is 15.0 Å². The molecule has 2 fully saturated rings. The lowest BCUT2D eigenvalue weighted by molar-refractivity contribution is -0.141. The Morgan fingerprint density at radius 3 is 2.55 bits per heavy atom. The molecule has 6 heterocycles. The molecule has 8 rings (SSSR count). The molecule has 16 nitrogen and oxygen atoms in total. The Hall–Kier alpha value is -5.91. The number of fused-ring (bicyclic) bond motifs is 1. The van der Waals surface area contributed by atoms with Crippen LogP contribution in [0.4, 0.5) is 5.82 Å². The van der Waals surface area contributed by atoms with E-state index in [1.165, 1.54) is 4.90 Å². The van der Waals surface area contributed by atoms with E-state index in [9.17, 15) is 19.8 Å². The van der Waals surface area contributed by atoms with Gasteiger partial charge in [0.2, 0.25) is 11.8 Å². The number of phenols is 1. The lowest BCUT2D eigenvalue weighted by Crippen LogP contribution is -2.48. The van der Waals surface area contributed by atoms with Gasteiger partial charge in [0, 0.05) is 44.2 Å². The number of β-amino-alcohol motifs (C(OH)–C–C–N with tert-alkyl or cyclic N) is 1. The number of likely N-dealkylation sites (tertiary alicyclic amines) is 2. The highest BCUT2D eigenvalue weighted by Crippen LogP contribution is 2.35. The zero-order valence-electron chi connectivity index (χ0n) is 34.1. The molecule has 60 heavy (non-hydrogen) atoms. The summed E-state index contributed by atoms with van der Waals surface area (Å²) in [4.78, 5) is 37.1. The SMILES string of the molecule is Cc1ncsc1-c1ccc([C@H](C)NC(=O)[C@@H]2C[C@@H](O)CN2C(=O)C(c2cc(OCCN3CCC(n4nc(N)c5nnc(-c6ccccc6O)cc54)CC3)no2)C(C)C)cc1. The number of hydrogen-bond donors (Lipinski definition) is 4. The van der Waals surface area contributed by atoms with E-state index < -0.39 is 18.1 Å². The van der Waals surface area contributed by atoms with E-state index in [0.29, 0.717) is 41.5 Å². The number of nitrogens with zero attached hydrogens (tertiary/aromatic N) is 8. The number of rotatable bonds is 13. The summed E-state index contributed by atoms with van der Waals surface area (Å²) in [6.07, 6.45) is 0.979. The molecule has 2 saturated heterocycles. The van der Waals surface area contributed by atoms with Crippen LogP contribution in [0.5, 0.6) is 11.6 Å². The number of piperidine rings is 1. The Labute approximate surface area is 351 Å². The molecule has 1 unspecified atom stereocenters. The Balaban J connectivity index is 0.849. The summed E-state index contributed by atoms with van der Waals surface area (Å²) >= 11 is 1.59. The monoisotopic (exact) mass is 834 g/mol. The van der Waals surface area contributed by atoms with Gasteiger partial charge in [0.05, 0.1) is 45.5 Å². The molecule has 4 atom stereocenters. The van der Waals surface area contributed by atoms with Crippen molar-refractivity contribution in [2.45, 2.75) is 77.1 Å². The second-order valence-corrected chi connectivity index (χ2v) is 16.9. The molecule has 2 aliphatic rings. The van der Waals surface area contributed by atoms with Gasteiger partial charge in [0.15, 0.2) is 17.1 Å². The number of phenolic OH excluding ortho intramolecular Hbond substituents is 1. The minimum absolute atomic E-state index is 0.0446. The molecule has 2 aliphatic heterocycles. The Bertz CT molecular complexity index is 2460. The van der Waals surface area contributed by atoms with Gasteiger partial charge in [0.1, 0.15) is 24.3 Å². The molecule has 0 bridgehead atoms. The van der Waals surface area contributed by atoms with Crippen LogP contribution in [0, 0.1) is 12.8 Å². The van der Waals surface area contributed by atoms with E-state index in [1.54, 1.807) is 35.6 Å². The number of para-hydroxylation sites is 1. The first-order valence-electron chi connectivity index (χ1n) is 20.4. The van der Waals surface area contributed by atoms with Gasteiger partial charge in [-0.2, -0.15) is 5.10 Å². The summed E-state index contributed by atoms with van der Waals surface area (Å²) in [7, 11) is 0. The number of aryl methyl sites for hydroxylation is 1. The van der Waals surface area contributed by atoms with Crippen molar-refractivity contribution >= 4 is 40.0 Å². The number of aliphatic hydroxyl groups excluding tert-OH is 1. The van der Waals surface area contributed by atoms with Crippen molar-refractivity contribution in [3.63, 3.8) is 0 Å². The number of aromatic nitrogens is 6. The summed E-state index contributed by atoms with van der Waals surface area (Å²) < 4.78 is 13.6. The maximum absolute atomic E-state index is 14.2. The van der Waals surface area contributed by atoms with Crippen molar-refractivity contribution in [3.8, 4) is 33.3 Å². The van der Waals surface area contributed by atoms with Crippen LogP contribution < -0.4 is 15.8 Å². The van der Waals surface area contributed by atoms with Crippen molar-refractivity contribution in [2.24, 2.45) is 5.92 Å². The number of carbonyl (C=O) groups excluding carboxylic acids is 2. The van der Waals surface area contributed by atoms with E-state index in [-0.39, 0.29) is 54.4 Å². The minimum Gasteiger partial charge on any atom is -0.507 e. The minimum atomic E-state index is -0.836.